The standard InChI is InChI=1S/C12H12N2O3.C12H14N2O2/c1-2-12(8-6-4-3-5-7-8)9(15)13-11(17)14-10(12)16;1-3-12(9-7-5-4-6-8-9)10(15)14(2)11(16)13-12/h3-7H,2H2,1H3,(H2,13,14,15,16,17);4-8H,3H2,1-2H3,(H,13,16). The Morgan fingerprint density at radius 3 is 1.61 bits per heavy atom. The summed E-state index contributed by atoms with van der Waals surface area (Å²) in [6.45, 7) is 3.63. The van der Waals surface area contributed by atoms with Gasteiger partial charge in [0.15, 0.2) is 5.41 Å². The van der Waals surface area contributed by atoms with Crippen molar-refractivity contribution in [2.75, 3.05) is 7.05 Å². The Hall–Kier alpha value is -4.01. The summed E-state index contributed by atoms with van der Waals surface area (Å²) in [7, 11) is 1.50. The van der Waals surface area contributed by atoms with E-state index in [9.17, 15) is 24.0 Å². The van der Waals surface area contributed by atoms with Crippen LogP contribution >= 0.6 is 0 Å². The number of urea groups is 2. The molecule has 0 aromatic heterocycles. The molecule has 2 heterocycles. The summed E-state index contributed by atoms with van der Waals surface area (Å²) in [6.07, 6.45) is 0.841. The van der Waals surface area contributed by atoms with Crippen molar-refractivity contribution in [1.29, 1.82) is 0 Å². The van der Waals surface area contributed by atoms with Crippen LogP contribution in [-0.2, 0) is 25.3 Å². The van der Waals surface area contributed by atoms with Gasteiger partial charge in [0.2, 0.25) is 11.8 Å². The third kappa shape index (κ3) is 3.97. The summed E-state index contributed by atoms with van der Waals surface area (Å²) in [4.78, 5) is 59.8. The molecule has 0 bridgehead atoms. The van der Waals surface area contributed by atoms with Gasteiger partial charge in [0, 0.05) is 7.05 Å². The fraction of sp³-hybridized carbons (Fsp3) is 0.292. The van der Waals surface area contributed by atoms with Crippen LogP contribution in [0, 0.1) is 0 Å². The molecule has 9 heteroatoms. The van der Waals surface area contributed by atoms with Gasteiger partial charge >= 0.3 is 12.1 Å². The molecule has 0 radical (unpaired) electrons. The van der Waals surface area contributed by atoms with Gasteiger partial charge in [0.1, 0.15) is 5.54 Å². The van der Waals surface area contributed by atoms with Crippen molar-refractivity contribution in [3.8, 4) is 0 Å². The van der Waals surface area contributed by atoms with Crippen LogP contribution in [0.25, 0.3) is 0 Å². The number of hydrogen-bond acceptors (Lipinski definition) is 5. The number of barbiturate groups is 1. The van der Waals surface area contributed by atoms with E-state index in [1.807, 2.05) is 37.3 Å². The van der Waals surface area contributed by atoms with Crippen molar-refractivity contribution in [1.82, 2.24) is 20.9 Å². The molecule has 0 spiro atoms. The fourth-order valence-corrected chi connectivity index (χ4v) is 4.12. The Labute approximate surface area is 191 Å². The van der Waals surface area contributed by atoms with E-state index in [4.69, 9.17) is 0 Å². The SMILES string of the molecule is CCC1(c2ccccc2)C(=O)NC(=O)NC1=O.CCC1(c2ccccc2)NC(=O)N(C)C1=O. The molecule has 4 rings (SSSR count). The molecule has 1 unspecified atom stereocenters. The molecular weight excluding hydrogens is 424 g/mol. The quantitative estimate of drug-likeness (QED) is 0.486. The second kappa shape index (κ2) is 9.23. The largest absolute Gasteiger partial charge is 0.328 e. The molecule has 2 fully saturated rings. The van der Waals surface area contributed by atoms with Crippen molar-refractivity contribution >= 4 is 29.8 Å². The van der Waals surface area contributed by atoms with Crippen molar-refractivity contribution in [3.05, 3.63) is 71.8 Å². The molecule has 2 aromatic carbocycles. The fourth-order valence-electron chi connectivity index (χ4n) is 4.12. The van der Waals surface area contributed by atoms with Gasteiger partial charge in [-0.25, -0.2) is 9.59 Å². The van der Waals surface area contributed by atoms with E-state index in [-0.39, 0.29) is 11.9 Å². The van der Waals surface area contributed by atoms with Crippen LogP contribution in [0.1, 0.15) is 37.8 Å². The van der Waals surface area contributed by atoms with Crippen LogP contribution in [0.5, 0.6) is 0 Å². The zero-order valence-corrected chi connectivity index (χ0v) is 18.7. The first-order chi connectivity index (χ1) is 15.7. The summed E-state index contributed by atoms with van der Waals surface area (Å²) < 4.78 is 0. The average Bonchev–Trinajstić information content (AvgIpc) is 3.05. The third-order valence-electron chi connectivity index (χ3n) is 6.12. The molecule has 0 aliphatic carbocycles. The summed E-state index contributed by atoms with van der Waals surface area (Å²) in [5.74, 6) is -1.33. The number of imide groups is 3. The lowest BCUT2D eigenvalue weighted by Gasteiger charge is -2.33. The van der Waals surface area contributed by atoms with Gasteiger partial charge in [-0.1, -0.05) is 74.5 Å². The lowest BCUT2D eigenvalue weighted by atomic mass is 9.75. The van der Waals surface area contributed by atoms with E-state index in [0.717, 1.165) is 10.5 Å². The Balaban J connectivity index is 0.000000186. The number of carbonyl (C=O) groups is 5. The minimum Gasteiger partial charge on any atom is -0.319 e. The Kier molecular flexibility index (Phi) is 6.62. The molecule has 3 N–H and O–H groups in total. The highest BCUT2D eigenvalue weighted by molar-refractivity contribution is 6.22. The monoisotopic (exact) mass is 450 g/mol. The minimum atomic E-state index is -1.31. The first-order valence-corrected chi connectivity index (χ1v) is 10.6. The number of carbonyl (C=O) groups excluding carboxylic acids is 5. The van der Waals surface area contributed by atoms with Gasteiger partial charge in [0.25, 0.3) is 5.91 Å². The summed E-state index contributed by atoms with van der Waals surface area (Å²) in [5, 5.41) is 7.05. The van der Waals surface area contributed by atoms with Crippen LogP contribution in [0.4, 0.5) is 9.59 Å². The van der Waals surface area contributed by atoms with Crippen molar-refractivity contribution < 1.29 is 24.0 Å². The van der Waals surface area contributed by atoms with Gasteiger partial charge in [-0.15, -0.1) is 0 Å². The lowest BCUT2D eigenvalue weighted by Crippen LogP contribution is -2.64. The van der Waals surface area contributed by atoms with Crippen molar-refractivity contribution in [2.24, 2.45) is 0 Å². The van der Waals surface area contributed by atoms with E-state index in [1.54, 1.807) is 37.3 Å². The van der Waals surface area contributed by atoms with E-state index < -0.39 is 28.8 Å². The van der Waals surface area contributed by atoms with Gasteiger partial charge < -0.3 is 5.32 Å². The average molecular weight is 450 g/mol. The zero-order chi connectivity index (χ0) is 24.2. The van der Waals surface area contributed by atoms with Crippen LogP contribution in [-0.4, -0.2) is 41.7 Å². The molecule has 1 atom stereocenters. The molecule has 2 aliphatic rings. The lowest BCUT2D eigenvalue weighted by molar-refractivity contribution is -0.138. The van der Waals surface area contributed by atoms with Crippen molar-refractivity contribution in [2.45, 2.75) is 37.6 Å². The Morgan fingerprint density at radius 1 is 0.727 bits per heavy atom. The first kappa shape index (κ1) is 23.6. The van der Waals surface area contributed by atoms with Crippen LogP contribution < -0.4 is 16.0 Å². The maximum absolute atomic E-state index is 12.1. The molecule has 0 saturated carbocycles. The molecule has 33 heavy (non-hydrogen) atoms. The highest BCUT2D eigenvalue weighted by Crippen LogP contribution is 2.32. The molecular formula is C24H26N4O5. The molecule has 7 amide bonds. The third-order valence-corrected chi connectivity index (χ3v) is 6.12. The number of rotatable bonds is 4. The van der Waals surface area contributed by atoms with Crippen LogP contribution in [0.3, 0.4) is 0 Å². The molecule has 2 saturated heterocycles. The Morgan fingerprint density at radius 2 is 1.21 bits per heavy atom. The number of amides is 7. The van der Waals surface area contributed by atoms with E-state index in [0.29, 0.717) is 18.4 Å². The van der Waals surface area contributed by atoms with E-state index >= 15 is 0 Å². The topological polar surface area (TPSA) is 125 Å². The van der Waals surface area contributed by atoms with Gasteiger partial charge in [-0.3, -0.25) is 29.9 Å². The number of likely N-dealkylation sites (N-methyl/N-ethyl adjacent to an activating group) is 1. The maximum Gasteiger partial charge on any atom is 0.328 e. The highest BCUT2D eigenvalue weighted by Gasteiger charge is 2.50. The first-order valence-electron chi connectivity index (χ1n) is 10.6. The normalized spacial score (nSPS) is 21.5. The van der Waals surface area contributed by atoms with Crippen LogP contribution in [0.2, 0.25) is 0 Å². The minimum absolute atomic E-state index is 0.189. The number of nitrogens with zero attached hydrogens (tertiary/aromatic N) is 1. The summed E-state index contributed by atoms with van der Waals surface area (Å²) in [5.41, 5.74) is -0.771. The number of benzene rings is 2. The molecule has 2 aliphatic heterocycles. The number of nitrogens with one attached hydrogen (secondary N) is 3. The van der Waals surface area contributed by atoms with Gasteiger partial charge in [0.05, 0.1) is 0 Å². The maximum atomic E-state index is 12.1. The van der Waals surface area contributed by atoms with E-state index in [1.165, 1.54) is 7.05 Å². The molecule has 172 valence electrons. The number of hydrogen-bond donors (Lipinski definition) is 3. The predicted molar refractivity (Wildman–Crippen MR) is 120 cm³/mol. The molecule has 2 aromatic rings. The Bertz CT molecular complexity index is 1070. The predicted octanol–water partition coefficient (Wildman–Crippen LogP) is 2.17. The van der Waals surface area contributed by atoms with Gasteiger partial charge in [-0.2, -0.15) is 0 Å². The highest BCUT2D eigenvalue weighted by atomic mass is 16.2. The zero-order valence-electron chi connectivity index (χ0n) is 18.7. The summed E-state index contributed by atoms with van der Waals surface area (Å²) >= 11 is 0. The molecule has 9 nitrogen and oxygen atoms in total. The second-order valence-electron chi connectivity index (χ2n) is 7.78. The van der Waals surface area contributed by atoms with E-state index in [2.05, 4.69) is 16.0 Å². The van der Waals surface area contributed by atoms with Crippen molar-refractivity contribution in [3.63, 3.8) is 0 Å². The summed E-state index contributed by atoms with van der Waals surface area (Å²) in [6, 6.07) is 17.0. The van der Waals surface area contributed by atoms with Gasteiger partial charge in [-0.05, 0) is 24.0 Å². The van der Waals surface area contributed by atoms with Crippen LogP contribution in [0.15, 0.2) is 60.7 Å². The smallest absolute Gasteiger partial charge is 0.319 e. The second-order valence-corrected chi connectivity index (χ2v) is 7.78.